The van der Waals surface area contributed by atoms with Gasteiger partial charge in [-0.25, -0.2) is 4.98 Å². The molecule has 0 aliphatic rings. The van der Waals surface area contributed by atoms with E-state index in [-0.39, 0.29) is 0 Å². The molecule has 0 saturated heterocycles. The number of fused-ring (bicyclic) bond motifs is 1. The molecule has 1 unspecified atom stereocenters. The number of aryl methyl sites for hydroxylation is 1. The molecule has 0 amide bonds. The van der Waals surface area contributed by atoms with Gasteiger partial charge >= 0.3 is 0 Å². The van der Waals surface area contributed by atoms with Crippen LogP contribution in [0.5, 0.6) is 0 Å². The predicted octanol–water partition coefficient (Wildman–Crippen LogP) is 2.11. The first kappa shape index (κ1) is 9.21. The molecule has 1 aromatic carbocycles. The minimum Gasteiger partial charge on any atom is -0.385 e. The van der Waals surface area contributed by atoms with Crippen molar-refractivity contribution in [2.45, 2.75) is 26.5 Å². The molecule has 0 radical (unpaired) electrons. The number of hydrogen-bond donors (Lipinski definition) is 1. The summed E-state index contributed by atoms with van der Waals surface area (Å²) in [5, 5.41) is 9.55. The summed E-state index contributed by atoms with van der Waals surface area (Å²) < 4.78 is 2.04. The van der Waals surface area contributed by atoms with Crippen LogP contribution in [0.25, 0.3) is 11.0 Å². The maximum atomic E-state index is 9.55. The summed E-state index contributed by atoms with van der Waals surface area (Å²) >= 11 is 0. The van der Waals surface area contributed by atoms with Gasteiger partial charge in [-0.2, -0.15) is 0 Å². The third-order valence-electron chi connectivity index (χ3n) is 2.37. The van der Waals surface area contributed by atoms with Crippen molar-refractivity contribution in [2.75, 3.05) is 0 Å². The lowest BCUT2D eigenvalue weighted by Crippen LogP contribution is -2.04. The van der Waals surface area contributed by atoms with Crippen LogP contribution < -0.4 is 0 Å². The van der Waals surface area contributed by atoms with Crippen LogP contribution in [0.1, 0.15) is 25.8 Å². The molecule has 1 N–H and O–H groups in total. The zero-order valence-electron chi connectivity index (χ0n) is 8.44. The fourth-order valence-corrected chi connectivity index (χ4v) is 1.75. The van der Waals surface area contributed by atoms with Gasteiger partial charge in [0, 0.05) is 6.54 Å². The molecular formula is C11H14N2O. The summed E-state index contributed by atoms with van der Waals surface area (Å²) in [7, 11) is 0. The van der Waals surface area contributed by atoms with E-state index in [9.17, 15) is 5.11 Å². The molecule has 74 valence electrons. The maximum Gasteiger partial charge on any atom is 0.138 e. The Kier molecular flexibility index (Phi) is 2.25. The smallest absolute Gasteiger partial charge is 0.138 e. The predicted molar refractivity (Wildman–Crippen MR) is 56.0 cm³/mol. The third-order valence-corrected chi connectivity index (χ3v) is 2.37. The molecule has 3 heteroatoms. The van der Waals surface area contributed by atoms with Gasteiger partial charge in [-0.3, -0.25) is 0 Å². The monoisotopic (exact) mass is 190 g/mol. The number of nitrogens with zero attached hydrogens (tertiary/aromatic N) is 2. The highest BCUT2D eigenvalue weighted by Crippen LogP contribution is 2.19. The lowest BCUT2D eigenvalue weighted by atomic mass is 10.3. The number of hydrogen-bond acceptors (Lipinski definition) is 2. The molecule has 1 heterocycles. The van der Waals surface area contributed by atoms with Gasteiger partial charge in [0.2, 0.25) is 0 Å². The van der Waals surface area contributed by atoms with Crippen molar-refractivity contribution in [2.24, 2.45) is 0 Å². The third kappa shape index (κ3) is 1.30. The highest BCUT2D eigenvalue weighted by Gasteiger charge is 2.12. The lowest BCUT2D eigenvalue weighted by Gasteiger charge is -2.07. The van der Waals surface area contributed by atoms with Crippen molar-refractivity contribution >= 4 is 11.0 Å². The van der Waals surface area contributed by atoms with E-state index in [0.717, 1.165) is 23.4 Å². The number of aliphatic hydroxyl groups excluding tert-OH is 1. The summed E-state index contributed by atoms with van der Waals surface area (Å²) in [5.41, 5.74) is 2.04. The quantitative estimate of drug-likeness (QED) is 0.787. The first-order valence-corrected chi connectivity index (χ1v) is 4.87. The largest absolute Gasteiger partial charge is 0.385 e. The van der Waals surface area contributed by atoms with Crippen molar-refractivity contribution < 1.29 is 5.11 Å². The molecule has 0 aliphatic carbocycles. The Morgan fingerprint density at radius 2 is 2.14 bits per heavy atom. The minimum absolute atomic E-state index is 0.512. The van der Waals surface area contributed by atoms with E-state index in [4.69, 9.17) is 0 Å². The number of imidazole rings is 1. The number of aliphatic hydroxyl groups is 1. The average Bonchev–Trinajstić information content (AvgIpc) is 2.56. The number of rotatable bonds is 2. The summed E-state index contributed by atoms with van der Waals surface area (Å²) in [5.74, 6) is 0.744. The van der Waals surface area contributed by atoms with Gasteiger partial charge in [0.25, 0.3) is 0 Å². The van der Waals surface area contributed by atoms with Crippen LogP contribution in [0.2, 0.25) is 0 Å². The van der Waals surface area contributed by atoms with Crippen molar-refractivity contribution in [3.05, 3.63) is 30.1 Å². The second kappa shape index (κ2) is 3.42. The molecule has 0 bridgehead atoms. The van der Waals surface area contributed by atoms with Gasteiger partial charge in [-0.15, -0.1) is 0 Å². The van der Waals surface area contributed by atoms with Crippen molar-refractivity contribution in [1.82, 2.24) is 9.55 Å². The molecule has 0 fully saturated rings. The standard InChI is InChI=1S/C11H14N2O/c1-3-13-10-7-5-4-6-9(10)12-11(13)8(2)14/h4-8,14H,3H2,1-2H3. The fraction of sp³-hybridized carbons (Fsp3) is 0.364. The average molecular weight is 190 g/mol. The summed E-state index contributed by atoms with van der Waals surface area (Å²) in [6, 6.07) is 7.94. The van der Waals surface area contributed by atoms with Crippen LogP contribution in [0.4, 0.5) is 0 Å². The van der Waals surface area contributed by atoms with Crippen LogP contribution in [-0.2, 0) is 6.54 Å². The molecule has 1 aromatic heterocycles. The van der Waals surface area contributed by atoms with E-state index >= 15 is 0 Å². The fourth-order valence-electron chi connectivity index (χ4n) is 1.75. The second-order valence-electron chi connectivity index (χ2n) is 3.38. The summed E-state index contributed by atoms with van der Waals surface area (Å²) in [6.07, 6.45) is -0.512. The summed E-state index contributed by atoms with van der Waals surface area (Å²) in [6.45, 7) is 4.63. The lowest BCUT2D eigenvalue weighted by molar-refractivity contribution is 0.184. The Balaban J connectivity index is 2.72. The van der Waals surface area contributed by atoms with Gasteiger partial charge in [0.1, 0.15) is 11.9 Å². The van der Waals surface area contributed by atoms with Crippen LogP contribution >= 0.6 is 0 Å². The maximum absolute atomic E-state index is 9.55. The SMILES string of the molecule is CCn1c(C(C)O)nc2ccccc21. The van der Waals surface area contributed by atoms with Gasteiger partial charge in [0.15, 0.2) is 0 Å². The molecular weight excluding hydrogens is 176 g/mol. The molecule has 0 aliphatic heterocycles. The number of para-hydroxylation sites is 2. The zero-order chi connectivity index (χ0) is 10.1. The second-order valence-corrected chi connectivity index (χ2v) is 3.38. The highest BCUT2D eigenvalue weighted by atomic mass is 16.3. The van der Waals surface area contributed by atoms with E-state index in [1.807, 2.05) is 28.8 Å². The zero-order valence-corrected chi connectivity index (χ0v) is 8.44. The highest BCUT2D eigenvalue weighted by molar-refractivity contribution is 5.75. The molecule has 14 heavy (non-hydrogen) atoms. The van der Waals surface area contributed by atoms with Gasteiger partial charge in [-0.1, -0.05) is 12.1 Å². The van der Waals surface area contributed by atoms with Gasteiger partial charge < -0.3 is 9.67 Å². The van der Waals surface area contributed by atoms with E-state index in [1.54, 1.807) is 6.92 Å². The van der Waals surface area contributed by atoms with Crippen LogP contribution in [-0.4, -0.2) is 14.7 Å². The van der Waals surface area contributed by atoms with E-state index in [0.29, 0.717) is 0 Å². The van der Waals surface area contributed by atoms with Crippen molar-refractivity contribution in [3.63, 3.8) is 0 Å². The molecule has 3 nitrogen and oxygen atoms in total. The van der Waals surface area contributed by atoms with E-state index in [2.05, 4.69) is 11.9 Å². The number of aromatic nitrogens is 2. The molecule has 0 saturated carbocycles. The Morgan fingerprint density at radius 3 is 2.79 bits per heavy atom. The van der Waals surface area contributed by atoms with Gasteiger partial charge in [-0.05, 0) is 26.0 Å². The molecule has 1 atom stereocenters. The first-order valence-electron chi connectivity index (χ1n) is 4.87. The molecule has 2 rings (SSSR count). The first-order chi connectivity index (χ1) is 6.74. The Morgan fingerprint density at radius 1 is 1.43 bits per heavy atom. The van der Waals surface area contributed by atoms with Gasteiger partial charge in [0.05, 0.1) is 11.0 Å². The van der Waals surface area contributed by atoms with Crippen molar-refractivity contribution in [1.29, 1.82) is 0 Å². The Labute approximate surface area is 83.0 Å². The van der Waals surface area contributed by atoms with E-state index < -0.39 is 6.10 Å². The van der Waals surface area contributed by atoms with Crippen molar-refractivity contribution in [3.8, 4) is 0 Å². The van der Waals surface area contributed by atoms with E-state index in [1.165, 1.54) is 0 Å². The molecule has 2 aromatic rings. The molecule has 0 spiro atoms. The van der Waals surface area contributed by atoms with Crippen LogP contribution in [0.15, 0.2) is 24.3 Å². The normalized spacial score (nSPS) is 13.4. The Hall–Kier alpha value is -1.35. The number of benzene rings is 1. The summed E-state index contributed by atoms with van der Waals surface area (Å²) in [4.78, 5) is 4.40. The van der Waals surface area contributed by atoms with Crippen LogP contribution in [0.3, 0.4) is 0 Å². The topological polar surface area (TPSA) is 38.0 Å². The van der Waals surface area contributed by atoms with Crippen LogP contribution in [0, 0.1) is 0 Å². The Bertz CT molecular complexity index is 445. The minimum atomic E-state index is -0.512.